The third-order valence-corrected chi connectivity index (χ3v) is 3.16. The first kappa shape index (κ1) is 11.7. The maximum atomic E-state index is 11.7. The lowest BCUT2D eigenvalue weighted by atomic mass is 10.1. The van der Waals surface area contributed by atoms with Crippen LogP contribution < -0.4 is 5.32 Å². The van der Waals surface area contributed by atoms with Crippen LogP contribution in [0.3, 0.4) is 0 Å². The highest BCUT2D eigenvalue weighted by molar-refractivity contribution is 7.18. The molecule has 0 aromatic carbocycles. The summed E-state index contributed by atoms with van der Waals surface area (Å²) in [4.78, 5) is 12.4. The first-order chi connectivity index (χ1) is 6.63. The van der Waals surface area contributed by atoms with Gasteiger partial charge >= 0.3 is 0 Å². The molecular weight excluding hydrogens is 218 g/mol. The van der Waals surface area contributed by atoms with Gasteiger partial charge < -0.3 is 5.32 Å². The maximum absolute atomic E-state index is 11.7. The summed E-state index contributed by atoms with van der Waals surface area (Å²) >= 11 is 7.10. The van der Waals surface area contributed by atoms with Gasteiger partial charge in [-0.2, -0.15) is 0 Å². The molecule has 78 valence electrons. The lowest BCUT2D eigenvalue weighted by Crippen LogP contribution is -2.27. The third kappa shape index (κ3) is 3.40. The minimum Gasteiger partial charge on any atom is -0.314 e. The number of carbonyl (C=O) groups excluding carboxylic acids is 1. The molecule has 1 atom stereocenters. The molecule has 0 saturated carbocycles. The lowest BCUT2D eigenvalue weighted by molar-refractivity contribution is 0.0976. The maximum Gasteiger partial charge on any atom is 0.174 e. The molecule has 1 unspecified atom stereocenters. The second-order valence-electron chi connectivity index (χ2n) is 3.19. The predicted octanol–water partition coefficient (Wildman–Crippen LogP) is 2.97. The Hall–Kier alpha value is -0.380. The van der Waals surface area contributed by atoms with Crippen molar-refractivity contribution < 1.29 is 4.79 Å². The molecule has 0 aliphatic heterocycles. The Balaban J connectivity index is 2.50. The molecule has 2 nitrogen and oxygen atoms in total. The van der Waals surface area contributed by atoms with E-state index in [-0.39, 0.29) is 11.8 Å². The van der Waals surface area contributed by atoms with Crippen LogP contribution in [0.4, 0.5) is 0 Å². The van der Waals surface area contributed by atoms with Gasteiger partial charge in [-0.1, -0.05) is 18.5 Å². The summed E-state index contributed by atoms with van der Waals surface area (Å²) < 4.78 is 0.671. The molecule has 0 radical (unpaired) electrons. The number of hydrogen-bond acceptors (Lipinski definition) is 3. The molecule has 1 rings (SSSR count). The van der Waals surface area contributed by atoms with Crippen LogP contribution in [-0.4, -0.2) is 18.4 Å². The van der Waals surface area contributed by atoms with Crippen molar-refractivity contribution in [2.75, 3.05) is 6.54 Å². The number of ketones is 1. The molecule has 1 heterocycles. The second-order valence-corrected chi connectivity index (χ2v) is 4.90. The normalized spacial score (nSPS) is 12.8. The zero-order chi connectivity index (χ0) is 10.6. The van der Waals surface area contributed by atoms with Crippen LogP contribution in [0, 0.1) is 0 Å². The Bertz CT molecular complexity index is 311. The average molecular weight is 232 g/mol. The van der Waals surface area contributed by atoms with Gasteiger partial charge in [-0.3, -0.25) is 4.79 Å². The van der Waals surface area contributed by atoms with Crippen molar-refractivity contribution >= 4 is 28.7 Å². The molecule has 0 bridgehead atoms. The van der Waals surface area contributed by atoms with E-state index in [1.54, 1.807) is 12.1 Å². The van der Waals surface area contributed by atoms with Crippen LogP contribution in [-0.2, 0) is 0 Å². The minimum atomic E-state index is 0.162. The summed E-state index contributed by atoms with van der Waals surface area (Å²) in [5.74, 6) is 0.162. The van der Waals surface area contributed by atoms with E-state index < -0.39 is 0 Å². The summed E-state index contributed by atoms with van der Waals surface area (Å²) in [7, 11) is 0. The smallest absolute Gasteiger partial charge is 0.174 e. The summed E-state index contributed by atoms with van der Waals surface area (Å²) in [6, 6.07) is 3.78. The molecular formula is C10H14ClNOS. The molecule has 0 saturated heterocycles. The number of carbonyl (C=O) groups is 1. The fourth-order valence-corrected chi connectivity index (χ4v) is 2.26. The van der Waals surface area contributed by atoms with E-state index in [0.29, 0.717) is 10.8 Å². The predicted molar refractivity (Wildman–Crippen MR) is 61.4 cm³/mol. The molecule has 0 spiro atoms. The highest BCUT2D eigenvalue weighted by Gasteiger charge is 2.12. The van der Waals surface area contributed by atoms with E-state index >= 15 is 0 Å². The molecule has 1 N–H and O–H groups in total. The van der Waals surface area contributed by atoms with E-state index in [1.807, 2.05) is 13.8 Å². The largest absolute Gasteiger partial charge is 0.314 e. The van der Waals surface area contributed by atoms with Crippen LogP contribution in [0.5, 0.6) is 0 Å². The Labute approximate surface area is 93.3 Å². The van der Waals surface area contributed by atoms with E-state index in [0.717, 1.165) is 11.4 Å². The minimum absolute atomic E-state index is 0.162. The summed E-state index contributed by atoms with van der Waals surface area (Å²) in [6.07, 6.45) is 0.532. The van der Waals surface area contributed by atoms with Gasteiger partial charge in [0, 0.05) is 12.5 Å². The third-order valence-electron chi connectivity index (χ3n) is 1.89. The van der Waals surface area contributed by atoms with Gasteiger partial charge in [0.2, 0.25) is 0 Å². The van der Waals surface area contributed by atoms with Crippen LogP contribution >= 0.6 is 22.9 Å². The average Bonchev–Trinajstić information content (AvgIpc) is 2.52. The monoisotopic (exact) mass is 231 g/mol. The summed E-state index contributed by atoms with van der Waals surface area (Å²) in [5, 5.41) is 3.20. The summed E-state index contributed by atoms with van der Waals surface area (Å²) in [6.45, 7) is 4.93. The second kappa shape index (κ2) is 5.49. The van der Waals surface area contributed by atoms with Crippen LogP contribution in [0.1, 0.15) is 29.9 Å². The van der Waals surface area contributed by atoms with E-state index in [9.17, 15) is 4.79 Å². The Kier molecular flexibility index (Phi) is 4.58. The number of rotatable bonds is 5. The van der Waals surface area contributed by atoms with Crippen LogP contribution in [0.2, 0.25) is 4.34 Å². The van der Waals surface area contributed by atoms with Crippen molar-refractivity contribution in [1.82, 2.24) is 5.32 Å². The van der Waals surface area contributed by atoms with Gasteiger partial charge in [0.1, 0.15) is 0 Å². The van der Waals surface area contributed by atoms with Crippen molar-refractivity contribution in [2.45, 2.75) is 26.3 Å². The van der Waals surface area contributed by atoms with Gasteiger partial charge in [0.25, 0.3) is 0 Å². The van der Waals surface area contributed by atoms with Gasteiger partial charge in [-0.05, 0) is 25.6 Å². The molecule has 1 aromatic heterocycles. The molecule has 4 heteroatoms. The number of Topliss-reactive ketones (excluding diaryl/α,β-unsaturated/α-hetero) is 1. The molecule has 0 fully saturated rings. The Morgan fingerprint density at radius 3 is 2.86 bits per heavy atom. The Morgan fingerprint density at radius 1 is 1.64 bits per heavy atom. The zero-order valence-corrected chi connectivity index (χ0v) is 9.91. The lowest BCUT2D eigenvalue weighted by Gasteiger charge is -2.09. The zero-order valence-electron chi connectivity index (χ0n) is 8.34. The highest BCUT2D eigenvalue weighted by Crippen LogP contribution is 2.22. The molecule has 1 aromatic rings. The molecule has 0 aliphatic rings. The number of nitrogens with one attached hydrogen (secondary N) is 1. The number of thiophene rings is 1. The SMILES string of the molecule is CCNC(C)CC(=O)c1ccc(Cl)s1. The fourth-order valence-electron chi connectivity index (χ4n) is 1.26. The molecule has 0 amide bonds. The molecule has 0 aliphatic carbocycles. The first-order valence-corrected chi connectivity index (χ1v) is 5.84. The van der Waals surface area contributed by atoms with Gasteiger partial charge in [-0.25, -0.2) is 0 Å². The van der Waals surface area contributed by atoms with Gasteiger partial charge in [-0.15, -0.1) is 11.3 Å². The number of hydrogen-bond donors (Lipinski definition) is 1. The van der Waals surface area contributed by atoms with Crippen LogP contribution in [0.15, 0.2) is 12.1 Å². The van der Waals surface area contributed by atoms with Crippen molar-refractivity contribution in [3.8, 4) is 0 Å². The van der Waals surface area contributed by atoms with Crippen molar-refractivity contribution in [2.24, 2.45) is 0 Å². The molecule has 14 heavy (non-hydrogen) atoms. The highest BCUT2D eigenvalue weighted by atomic mass is 35.5. The van der Waals surface area contributed by atoms with Crippen molar-refractivity contribution in [1.29, 1.82) is 0 Å². The van der Waals surface area contributed by atoms with Gasteiger partial charge in [0.15, 0.2) is 5.78 Å². The Morgan fingerprint density at radius 2 is 2.36 bits per heavy atom. The first-order valence-electron chi connectivity index (χ1n) is 4.65. The van der Waals surface area contributed by atoms with Gasteiger partial charge in [0.05, 0.1) is 9.21 Å². The van der Waals surface area contributed by atoms with Crippen molar-refractivity contribution in [3.05, 3.63) is 21.3 Å². The van der Waals surface area contributed by atoms with E-state index in [1.165, 1.54) is 11.3 Å². The van der Waals surface area contributed by atoms with E-state index in [2.05, 4.69) is 5.32 Å². The van der Waals surface area contributed by atoms with Crippen molar-refractivity contribution in [3.63, 3.8) is 0 Å². The summed E-state index contributed by atoms with van der Waals surface area (Å²) in [5.41, 5.74) is 0. The van der Waals surface area contributed by atoms with Crippen LogP contribution in [0.25, 0.3) is 0 Å². The quantitative estimate of drug-likeness (QED) is 0.790. The standard InChI is InChI=1S/C10H14ClNOS/c1-3-12-7(2)6-8(13)9-4-5-10(11)14-9/h4-5,7,12H,3,6H2,1-2H3. The van der Waals surface area contributed by atoms with E-state index in [4.69, 9.17) is 11.6 Å². The number of halogens is 1. The topological polar surface area (TPSA) is 29.1 Å². The fraction of sp³-hybridized carbons (Fsp3) is 0.500.